The number of thiophene rings is 1. The second-order valence-electron chi connectivity index (χ2n) is 3.83. The van der Waals surface area contributed by atoms with Gasteiger partial charge in [-0.2, -0.15) is 0 Å². The summed E-state index contributed by atoms with van der Waals surface area (Å²) in [5.74, 6) is 0.463. The van der Waals surface area contributed by atoms with E-state index in [-0.39, 0.29) is 0 Å². The molecule has 74 valence electrons. The van der Waals surface area contributed by atoms with Gasteiger partial charge in [0, 0.05) is 4.70 Å². The Morgan fingerprint density at radius 2 is 2.21 bits per heavy atom. The summed E-state index contributed by atoms with van der Waals surface area (Å²) in [6, 6.07) is 6.62. The predicted molar refractivity (Wildman–Crippen MR) is 64.0 cm³/mol. The minimum absolute atomic E-state index is 0.463. The van der Waals surface area contributed by atoms with E-state index in [0.29, 0.717) is 5.92 Å². The molecule has 2 rings (SSSR count). The average molecular weight is 205 g/mol. The lowest BCUT2D eigenvalue weighted by atomic mass is 10.00. The maximum Gasteiger partial charge on any atom is 0.0345 e. The van der Waals surface area contributed by atoms with E-state index in [1.165, 1.54) is 21.2 Å². The van der Waals surface area contributed by atoms with E-state index in [9.17, 15) is 0 Å². The molecule has 0 aliphatic rings. The molecule has 0 saturated carbocycles. The third-order valence-electron chi connectivity index (χ3n) is 2.64. The van der Waals surface area contributed by atoms with Gasteiger partial charge in [0.05, 0.1) is 0 Å². The molecule has 1 unspecified atom stereocenters. The van der Waals surface area contributed by atoms with Crippen LogP contribution in [0, 0.1) is 6.92 Å². The van der Waals surface area contributed by atoms with Crippen LogP contribution in [0.25, 0.3) is 10.1 Å². The third kappa shape index (κ3) is 1.56. The van der Waals surface area contributed by atoms with E-state index in [4.69, 9.17) is 5.73 Å². The highest BCUT2D eigenvalue weighted by Crippen LogP contribution is 2.31. The van der Waals surface area contributed by atoms with Gasteiger partial charge in [-0.3, -0.25) is 0 Å². The van der Waals surface area contributed by atoms with Crippen LogP contribution in [0.4, 0.5) is 0 Å². The standard InChI is InChI=1S/C12H15NS/c1-8-3-4-12-10(5-8)11(7-14-12)9(2)6-13/h3-5,7,9H,6,13H2,1-2H3. The normalized spacial score (nSPS) is 13.4. The molecular formula is C12H15NS. The van der Waals surface area contributed by atoms with Crippen LogP contribution in [0.15, 0.2) is 23.6 Å². The molecule has 1 atom stereocenters. The summed E-state index contributed by atoms with van der Waals surface area (Å²) in [5, 5.41) is 3.62. The van der Waals surface area contributed by atoms with Gasteiger partial charge in [0.25, 0.3) is 0 Å². The van der Waals surface area contributed by atoms with Crippen molar-refractivity contribution in [3.63, 3.8) is 0 Å². The topological polar surface area (TPSA) is 26.0 Å². The Morgan fingerprint density at radius 1 is 1.43 bits per heavy atom. The van der Waals surface area contributed by atoms with Gasteiger partial charge in [-0.05, 0) is 41.8 Å². The first kappa shape index (κ1) is 9.69. The zero-order valence-corrected chi connectivity index (χ0v) is 9.40. The van der Waals surface area contributed by atoms with Crippen molar-refractivity contribution < 1.29 is 0 Å². The number of aryl methyl sites for hydroxylation is 1. The Bertz CT molecular complexity index is 445. The van der Waals surface area contributed by atoms with E-state index in [0.717, 1.165) is 6.54 Å². The Labute approximate surface area is 88.6 Å². The van der Waals surface area contributed by atoms with Gasteiger partial charge in [0.15, 0.2) is 0 Å². The lowest BCUT2D eigenvalue weighted by Crippen LogP contribution is -2.08. The fourth-order valence-electron chi connectivity index (χ4n) is 1.67. The molecule has 2 heteroatoms. The molecule has 0 bridgehead atoms. The molecule has 14 heavy (non-hydrogen) atoms. The molecule has 1 aromatic carbocycles. The molecule has 1 nitrogen and oxygen atoms in total. The minimum Gasteiger partial charge on any atom is -0.330 e. The fourth-order valence-corrected chi connectivity index (χ4v) is 2.73. The summed E-state index contributed by atoms with van der Waals surface area (Å²) in [6.07, 6.45) is 0. The van der Waals surface area contributed by atoms with E-state index < -0.39 is 0 Å². The van der Waals surface area contributed by atoms with Crippen molar-refractivity contribution in [1.29, 1.82) is 0 Å². The Hall–Kier alpha value is -0.860. The van der Waals surface area contributed by atoms with Crippen LogP contribution in [0.2, 0.25) is 0 Å². The second kappa shape index (κ2) is 3.71. The molecule has 1 aromatic heterocycles. The molecule has 2 aromatic rings. The lowest BCUT2D eigenvalue weighted by Gasteiger charge is -2.06. The monoisotopic (exact) mass is 205 g/mol. The van der Waals surface area contributed by atoms with Crippen molar-refractivity contribution in [1.82, 2.24) is 0 Å². The highest BCUT2D eigenvalue weighted by molar-refractivity contribution is 7.17. The predicted octanol–water partition coefficient (Wildman–Crippen LogP) is 3.27. The summed E-state index contributed by atoms with van der Waals surface area (Å²) in [7, 11) is 0. The molecule has 0 aliphatic heterocycles. The molecule has 0 aliphatic carbocycles. The van der Waals surface area contributed by atoms with Crippen LogP contribution < -0.4 is 5.73 Å². The van der Waals surface area contributed by atoms with Gasteiger partial charge in [0.2, 0.25) is 0 Å². The van der Waals surface area contributed by atoms with Crippen LogP contribution >= 0.6 is 11.3 Å². The van der Waals surface area contributed by atoms with Crippen LogP contribution in [0.3, 0.4) is 0 Å². The number of hydrogen-bond donors (Lipinski definition) is 1. The van der Waals surface area contributed by atoms with Crippen LogP contribution in [0.5, 0.6) is 0 Å². The summed E-state index contributed by atoms with van der Waals surface area (Å²) < 4.78 is 1.37. The zero-order chi connectivity index (χ0) is 10.1. The van der Waals surface area contributed by atoms with Crippen LogP contribution in [-0.2, 0) is 0 Å². The number of nitrogens with two attached hydrogens (primary N) is 1. The number of fused-ring (bicyclic) bond motifs is 1. The van der Waals surface area contributed by atoms with E-state index >= 15 is 0 Å². The Kier molecular flexibility index (Phi) is 2.57. The number of benzene rings is 1. The van der Waals surface area contributed by atoms with Gasteiger partial charge in [0.1, 0.15) is 0 Å². The van der Waals surface area contributed by atoms with Gasteiger partial charge < -0.3 is 5.73 Å². The minimum atomic E-state index is 0.463. The van der Waals surface area contributed by atoms with Gasteiger partial charge in [-0.15, -0.1) is 11.3 Å². The molecule has 0 radical (unpaired) electrons. The SMILES string of the molecule is Cc1ccc2scc(C(C)CN)c2c1. The van der Waals surface area contributed by atoms with Crippen LogP contribution in [-0.4, -0.2) is 6.54 Å². The maximum absolute atomic E-state index is 5.70. The highest BCUT2D eigenvalue weighted by Gasteiger charge is 2.09. The summed E-state index contributed by atoms with van der Waals surface area (Å²) in [4.78, 5) is 0. The van der Waals surface area contributed by atoms with Crippen molar-refractivity contribution in [2.45, 2.75) is 19.8 Å². The first-order chi connectivity index (χ1) is 6.72. The third-order valence-corrected chi connectivity index (χ3v) is 3.63. The van der Waals surface area contributed by atoms with Gasteiger partial charge in [-0.1, -0.05) is 24.6 Å². The van der Waals surface area contributed by atoms with Gasteiger partial charge >= 0.3 is 0 Å². The zero-order valence-electron chi connectivity index (χ0n) is 8.58. The molecule has 0 saturated heterocycles. The van der Waals surface area contributed by atoms with E-state index in [1.54, 1.807) is 0 Å². The van der Waals surface area contributed by atoms with Crippen molar-refractivity contribution in [3.8, 4) is 0 Å². The van der Waals surface area contributed by atoms with Gasteiger partial charge in [-0.25, -0.2) is 0 Å². The van der Waals surface area contributed by atoms with Crippen molar-refractivity contribution in [3.05, 3.63) is 34.7 Å². The Balaban J connectivity index is 2.61. The Morgan fingerprint density at radius 3 is 2.93 bits per heavy atom. The second-order valence-corrected chi connectivity index (χ2v) is 4.74. The lowest BCUT2D eigenvalue weighted by molar-refractivity contribution is 0.783. The summed E-state index contributed by atoms with van der Waals surface area (Å²) in [5.41, 5.74) is 8.42. The quantitative estimate of drug-likeness (QED) is 0.800. The fraction of sp³-hybridized carbons (Fsp3) is 0.333. The van der Waals surface area contributed by atoms with Crippen molar-refractivity contribution >= 4 is 21.4 Å². The molecule has 0 amide bonds. The van der Waals surface area contributed by atoms with Crippen molar-refractivity contribution in [2.75, 3.05) is 6.54 Å². The molecular weight excluding hydrogens is 190 g/mol. The van der Waals surface area contributed by atoms with E-state index in [1.807, 2.05) is 11.3 Å². The molecule has 0 fully saturated rings. The summed E-state index contributed by atoms with van der Waals surface area (Å²) >= 11 is 1.81. The van der Waals surface area contributed by atoms with Crippen LogP contribution in [0.1, 0.15) is 24.0 Å². The van der Waals surface area contributed by atoms with Crippen molar-refractivity contribution in [2.24, 2.45) is 5.73 Å². The molecule has 2 N–H and O–H groups in total. The maximum atomic E-state index is 5.70. The smallest absolute Gasteiger partial charge is 0.0345 e. The molecule has 0 spiro atoms. The van der Waals surface area contributed by atoms with E-state index in [2.05, 4.69) is 37.4 Å². The number of rotatable bonds is 2. The summed E-state index contributed by atoms with van der Waals surface area (Å²) in [6.45, 7) is 5.04. The first-order valence-corrected chi connectivity index (χ1v) is 5.78. The molecule has 1 heterocycles. The number of hydrogen-bond acceptors (Lipinski definition) is 2. The average Bonchev–Trinajstić information content (AvgIpc) is 2.59. The first-order valence-electron chi connectivity index (χ1n) is 4.90. The largest absolute Gasteiger partial charge is 0.330 e. The highest BCUT2D eigenvalue weighted by atomic mass is 32.1.